The summed E-state index contributed by atoms with van der Waals surface area (Å²) in [5.74, 6) is 0.736. The van der Waals surface area contributed by atoms with Crippen LogP contribution >= 0.6 is 0 Å². The van der Waals surface area contributed by atoms with E-state index in [1.807, 2.05) is 30.3 Å². The summed E-state index contributed by atoms with van der Waals surface area (Å²) in [4.78, 5) is 28.1. The highest BCUT2D eigenvalue weighted by atomic mass is 16.5. The summed E-state index contributed by atoms with van der Waals surface area (Å²) in [7, 11) is 2.94. The van der Waals surface area contributed by atoms with Gasteiger partial charge in [-0.2, -0.15) is 0 Å². The molecular weight excluding hydrogens is 360 g/mol. The lowest BCUT2D eigenvalue weighted by Gasteiger charge is -2.36. The molecule has 0 aromatic heterocycles. The van der Waals surface area contributed by atoms with E-state index < -0.39 is 0 Å². The van der Waals surface area contributed by atoms with E-state index in [1.165, 1.54) is 7.11 Å². The summed E-state index contributed by atoms with van der Waals surface area (Å²) < 4.78 is 15.6. The number of benzene rings is 2. The highest BCUT2D eigenvalue weighted by Crippen LogP contribution is 2.26. The maximum atomic E-state index is 12.5. The van der Waals surface area contributed by atoms with E-state index in [4.69, 9.17) is 14.2 Å². The van der Waals surface area contributed by atoms with Gasteiger partial charge >= 0.3 is 5.97 Å². The molecule has 1 amide bonds. The van der Waals surface area contributed by atoms with E-state index in [-0.39, 0.29) is 18.5 Å². The van der Waals surface area contributed by atoms with Gasteiger partial charge in [-0.3, -0.25) is 4.79 Å². The van der Waals surface area contributed by atoms with E-state index in [0.29, 0.717) is 43.2 Å². The first-order valence-corrected chi connectivity index (χ1v) is 9.09. The third kappa shape index (κ3) is 4.54. The second kappa shape index (κ2) is 9.12. The number of anilines is 1. The zero-order valence-corrected chi connectivity index (χ0v) is 16.1. The molecule has 1 aliphatic heterocycles. The van der Waals surface area contributed by atoms with Crippen LogP contribution in [0.25, 0.3) is 0 Å². The first-order valence-electron chi connectivity index (χ1n) is 9.09. The van der Waals surface area contributed by atoms with Gasteiger partial charge in [-0.15, -0.1) is 0 Å². The number of piperazine rings is 1. The molecule has 7 heteroatoms. The van der Waals surface area contributed by atoms with Gasteiger partial charge in [-0.1, -0.05) is 18.2 Å². The Balaban J connectivity index is 1.53. The first kappa shape index (κ1) is 19.5. The van der Waals surface area contributed by atoms with Gasteiger partial charge in [0, 0.05) is 31.9 Å². The second-order valence-corrected chi connectivity index (χ2v) is 6.35. The Morgan fingerprint density at radius 2 is 1.64 bits per heavy atom. The zero-order valence-electron chi connectivity index (χ0n) is 16.1. The lowest BCUT2D eigenvalue weighted by Crippen LogP contribution is -2.50. The van der Waals surface area contributed by atoms with Gasteiger partial charge in [-0.05, 0) is 30.3 Å². The van der Waals surface area contributed by atoms with Gasteiger partial charge in [0.25, 0.3) is 5.91 Å². The highest BCUT2D eigenvalue weighted by molar-refractivity contribution is 5.90. The van der Waals surface area contributed by atoms with E-state index in [0.717, 1.165) is 5.69 Å². The summed E-state index contributed by atoms with van der Waals surface area (Å²) in [6.45, 7) is 2.53. The molecule has 3 rings (SSSR count). The van der Waals surface area contributed by atoms with Crippen LogP contribution in [0.4, 0.5) is 5.69 Å². The molecule has 1 heterocycles. The molecule has 0 atom stereocenters. The number of hydrogen-bond acceptors (Lipinski definition) is 6. The van der Waals surface area contributed by atoms with Crippen LogP contribution < -0.4 is 14.4 Å². The molecule has 1 fully saturated rings. The Labute approximate surface area is 164 Å². The van der Waals surface area contributed by atoms with Crippen LogP contribution in [0.15, 0.2) is 48.5 Å². The normalized spacial score (nSPS) is 13.8. The van der Waals surface area contributed by atoms with Crippen molar-refractivity contribution in [1.29, 1.82) is 0 Å². The Kier molecular flexibility index (Phi) is 6.37. The van der Waals surface area contributed by atoms with Crippen molar-refractivity contribution in [2.75, 3.05) is 51.9 Å². The number of nitrogens with zero attached hydrogens (tertiary/aromatic N) is 2. The van der Waals surface area contributed by atoms with Crippen molar-refractivity contribution in [1.82, 2.24) is 4.90 Å². The van der Waals surface area contributed by atoms with Crippen molar-refractivity contribution >= 4 is 17.6 Å². The molecule has 0 N–H and O–H groups in total. The number of methoxy groups -OCH3 is 2. The van der Waals surface area contributed by atoms with Gasteiger partial charge in [0.05, 0.1) is 19.8 Å². The minimum absolute atomic E-state index is 0.0296. The largest absolute Gasteiger partial charge is 0.493 e. The molecule has 2 aromatic carbocycles. The summed E-state index contributed by atoms with van der Waals surface area (Å²) in [5, 5.41) is 0. The Hall–Kier alpha value is -3.22. The van der Waals surface area contributed by atoms with E-state index in [2.05, 4.69) is 4.90 Å². The predicted molar refractivity (Wildman–Crippen MR) is 105 cm³/mol. The number of amides is 1. The standard InChI is InChI=1S/C21H24N2O5/c1-26-18-8-3-4-9-19(18)28-15-20(24)23-12-10-22(11-13-23)17-7-5-6-16(14-17)21(25)27-2/h3-9,14H,10-13,15H2,1-2H3. The van der Waals surface area contributed by atoms with Crippen LogP contribution in [0.3, 0.4) is 0 Å². The van der Waals surface area contributed by atoms with E-state index in [1.54, 1.807) is 30.2 Å². The number of hydrogen-bond donors (Lipinski definition) is 0. The van der Waals surface area contributed by atoms with Crippen molar-refractivity contribution in [3.63, 3.8) is 0 Å². The Morgan fingerprint density at radius 3 is 2.32 bits per heavy atom. The minimum atomic E-state index is -0.357. The smallest absolute Gasteiger partial charge is 0.337 e. The number of rotatable bonds is 6. The number of carbonyl (C=O) groups is 2. The van der Waals surface area contributed by atoms with Gasteiger partial charge in [-0.25, -0.2) is 4.79 Å². The summed E-state index contributed by atoms with van der Waals surface area (Å²) in [6, 6.07) is 14.6. The van der Waals surface area contributed by atoms with Crippen molar-refractivity contribution in [3.05, 3.63) is 54.1 Å². The molecule has 2 aromatic rings. The lowest BCUT2D eigenvalue weighted by atomic mass is 10.1. The number of ether oxygens (including phenoxy) is 3. The minimum Gasteiger partial charge on any atom is -0.493 e. The fourth-order valence-corrected chi connectivity index (χ4v) is 3.13. The first-order chi connectivity index (χ1) is 13.6. The maximum absolute atomic E-state index is 12.5. The molecule has 1 saturated heterocycles. The van der Waals surface area contributed by atoms with Crippen LogP contribution in [-0.2, 0) is 9.53 Å². The molecule has 0 aliphatic carbocycles. The zero-order chi connectivity index (χ0) is 19.9. The topological polar surface area (TPSA) is 68.3 Å². The number of para-hydroxylation sites is 2. The van der Waals surface area contributed by atoms with Gasteiger partial charge in [0.15, 0.2) is 18.1 Å². The van der Waals surface area contributed by atoms with Crippen molar-refractivity contribution in [2.24, 2.45) is 0 Å². The average Bonchev–Trinajstić information content (AvgIpc) is 2.77. The monoisotopic (exact) mass is 384 g/mol. The van der Waals surface area contributed by atoms with E-state index in [9.17, 15) is 9.59 Å². The van der Waals surface area contributed by atoms with E-state index >= 15 is 0 Å². The Morgan fingerprint density at radius 1 is 0.929 bits per heavy atom. The quantitative estimate of drug-likeness (QED) is 0.712. The molecule has 0 bridgehead atoms. The molecule has 0 spiro atoms. The Bertz CT molecular complexity index is 831. The summed E-state index contributed by atoms with van der Waals surface area (Å²) in [5.41, 5.74) is 1.46. The second-order valence-electron chi connectivity index (χ2n) is 6.35. The summed E-state index contributed by atoms with van der Waals surface area (Å²) >= 11 is 0. The van der Waals surface area contributed by atoms with Crippen LogP contribution in [0, 0.1) is 0 Å². The fraction of sp³-hybridized carbons (Fsp3) is 0.333. The molecule has 0 saturated carbocycles. The lowest BCUT2D eigenvalue weighted by molar-refractivity contribution is -0.133. The highest BCUT2D eigenvalue weighted by Gasteiger charge is 2.22. The molecule has 1 aliphatic rings. The van der Waals surface area contributed by atoms with Gasteiger partial charge < -0.3 is 24.0 Å². The number of carbonyl (C=O) groups excluding carboxylic acids is 2. The molecule has 0 unspecified atom stereocenters. The van der Waals surface area contributed by atoms with Crippen molar-refractivity contribution in [2.45, 2.75) is 0 Å². The average molecular weight is 384 g/mol. The van der Waals surface area contributed by atoms with Crippen molar-refractivity contribution in [3.8, 4) is 11.5 Å². The maximum Gasteiger partial charge on any atom is 0.337 e. The van der Waals surface area contributed by atoms with Crippen LogP contribution in [0.2, 0.25) is 0 Å². The number of esters is 1. The third-order valence-electron chi connectivity index (χ3n) is 4.68. The van der Waals surface area contributed by atoms with Gasteiger partial charge in [0.2, 0.25) is 0 Å². The molecule has 7 nitrogen and oxygen atoms in total. The SMILES string of the molecule is COC(=O)c1cccc(N2CCN(C(=O)COc3ccccc3OC)CC2)c1. The molecule has 148 valence electrons. The van der Waals surface area contributed by atoms with Gasteiger partial charge in [0.1, 0.15) is 0 Å². The molecular formula is C21H24N2O5. The fourth-order valence-electron chi connectivity index (χ4n) is 3.13. The van der Waals surface area contributed by atoms with Crippen LogP contribution in [0.5, 0.6) is 11.5 Å². The molecule has 28 heavy (non-hydrogen) atoms. The summed E-state index contributed by atoms with van der Waals surface area (Å²) in [6.07, 6.45) is 0. The van der Waals surface area contributed by atoms with Crippen LogP contribution in [-0.4, -0.2) is 63.8 Å². The predicted octanol–water partition coefficient (Wildman–Crippen LogP) is 2.21. The van der Waals surface area contributed by atoms with Crippen LogP contribution in [0.1, 0.15) is 10.4 Å². The van der Waals surface area contributed by atoms with Crippen molar-refractivity contribution < 1.29 is 23.8 Å². The molecule has 0 radical (unpaired) electrons. The third-order valence-corrected chi connectivity index (χ3v) is 4.68.